The van der Waals surface area contributed by atoms with E-state index in [1.807, 2.05) is 26.0 Å². The van der Waals surface area contributed by atoms with Crippen molar-refractivity contribution in [3.8, 4) is 0 Å². The quantitative estimate of drug-likeness (QED) is 0.229. The third kappa shape index (κ3) is 6.30. The molecule has 9 heteroatoms. The average molecular weight is 557 g/mol. The lowest BCUT2D eigenvalue weighted by Crippen LogP contribution is -2.25. The number of nitrogens with zero attached hydrogens (tertiary/aromatic N) is 2. The maximum absolute atomic E-state index is 13.3. The number of hydrogen-bond acceptors (Lipinski definition) is 3. The minimum Gasteiger partial charge on any atom is -0.347 e. The Kier molecular flexibility index (Phi) is 7.61. The van der Waals surface area contributed by atoms with Crippen molar-refractivity contribution in [1.29, 1.82) is 0 Å². The number of rotatable bonds is 7. The maximum Gasteiger partial charge on any atom is 0.416 e. The van der Waals surface area contributed by atoms with E-state index in [2.05, 4.69) is 15.6 Å². The monoisotopic (exact) mass is 556 g/mol. The molecule has 0 spiro atoms. The van der Waals surface area contributed by atoms with Gasteiger partial charge in [-0.3, -0.25) is 14.6 Å². The summed E-state index contributed by atoms with van der Waals surface area (Å²) in [5, 5.41) is 6.51. The summed E-state index contributed by atoms with van der Waals surface area (Å²) in [6.45, 7) is 4.37. The molecule has 2 N–H and O–H groups in total. The summed E-state index contributed by atoms with van der Waals surface area (Å²) >= 11 is 0. The fourth-order valence-electron chi connectivity index (χ4n) is 4.55. The second kappa shape index (κ2) is 11.3. The molecule has 0 saturated heterocycles. The number of halogens is 3. The third-order valence-corrected chi connectivity index (χ3v) is 6.99. The Morgan fingerprint density at radius 3 is 2.22 bits per heavy atom. The van der Waals surface area contributed by atoms with Crippen molar-refractivity contribution < 1.29 is 22.8 Å². The van der Waals surface area contributed by atoms with Crippen LogP contribution < -0.4 is 10.6 Å². The zero-order chi connectivity index (χ0) is 29.1. The highest BCUT2D eigenvalue weighted by atomic mass is 19.4. The lowest BCUT2D eigenvalue weighted by Gasteiger charge is -2.13. The molecule has 2 heterocycles. The van der Waals surface area contributed by atoms with Gasteiger partial charge in [0.15, 0.2) is 0 Å². The number of pyridine rings is 1. The van der Waals surface area contributed by atoms with E-state index < -0.39 is 11.7 Å². The molecule has 41 heavy (non-hydrogen) atoms. The van der Waals surface area contributed by atoms with E-state index in [0.29, 0.717) is 33.4 Å². The maximum atomic E-state index is 13.3. The Hall–Kier alpha value is -4.92. The first-order chi connectivity index (χ1) is 19.6. The number of anilines is 1. The van der Waals surface area contributed by atoms with E-state index in [-0.39, 0.29) is 24.9 Å². The third-order valence-electron chi connectivity index (χ3n) is 6.99. The number of benzene rings is 3. The SMILES string of the molecule is Cc1ccc(C(=O)Nc2ccc3c(c2)cc(C(=O)NCc2ccncc2)n3Cc2ccc(C(F)(F)F)cc2)cc1C. The zero-order valence-corrected chi connectivity index (χ0v) is 22.4. The number of hydrogen-bond donors (Lipinski definition) is 2. The molecule has 208 valence electrons. The molecule has 2 aromatic heterocycles. The molecule has 0 aliphatic rings. The van der Waals surface area contributed by atoms with E-state index in [1.165, 1.54) is 12.1 Å². The van der Waals surface area contributed by atoms with E-state index >= 15 is 0 Å². The fourth-order valence-corrected chi connectivity index (χ4v) is 4.55. The molecule has 2 amide bonds. The second-order valence-electron chi connectivity index (χ2n) is 9.88. The Morgan fingerprint density at radius 1 is 0.805 bits per heavy atom. The van der Waals surface area contributed by atoms with Crippen LogP contribution in [0, 0.1) is 13.8 Å². The average Bonchev–Trinajstić information content (AvgIpc) is 3.31. The van der Waals surface area contributed by atoms with Crippen LogP contribution in [0.3, 0.4) is 0 Å². The van der Waals surface area contributed by atoms with Crippen molar-refractivity contribution in [2.75, 3.05) is 5.32 Å². The molecule has 6 nitrogen and oxygen atoms in total. The zero-order valence-electron chi connectivity index (χ0n) is 22.4. The largest absolute Gasteiger partial charge is 0.416 e. The van der Waals surface area contributed by atoms with Crippen LogP contribution in [0.15, 0.2) is 91.3 Å². The molecule has 3 aromatic carbocycles. The molecule has 5 rings (SSSR count). The normalized spacial score (nSPS) is 11.4. The lowest BCUT2D eigenvalue weighted by atomic mass is 10.1. The van der Waals surface area contributed by atoms with Gasteiger partial charge >= 0.3 is 6.18 Å². The van der Waals surface area contributed by atoms with Crippen LogP contribution in [0.1, 0.15) is 48.7 Å². The number of alkyl halides is 3. The summed E-state index contributed by atoms with van der Waals surface area (Å²) in [4.78, 5) is 30.2. The van der Waals surface area contributed by atoms with Crippen molar-refractivity contribution in [3.63, 3.8) is 0 Å². The Bertz CT molecular complexity index is 1730. The Balaban J connectivity index is 1.46. The van der Waals surface area contributed by atoms with Crippen molar-refractivity contribution in [2.45, 2.75) is 33.1 Å². The van der Waals surface area contributed by atoms with Gasteiger partial charge in [-0.05, 0) is 96.8 Å². The minimum atomic E-state index is -4.44. The molecule has 0 bridgehead atoms. The predicted molar refractivity (Wildman–Crippen MR) is 152 cm³/mol. The van der Waals surface area contributed by atoms with Gasteiger partial charge in [-0.15, -0.1) is 0 Å². The molecule has 5 aromatic rings. The minimum absolute atomic E-state index is 0.175. The number of carbonyl (C=O) groups is 2. The highest BCUT2D eigenvalue weighted by Crippen LogP contribution is 2.30. The first-order valence-electron chi connectivity index (χ1n) is 12.9. The van der Waals surface area contributed by atoms with Gasteiger partial charge < -0.3 is 15.2 Å². The van der Waals surface area contributed by atoms with Crippen LogP contribution in [-0.2, 0) is 19.3 Å². The molecular formula is C32H27F3N4O2. The first kappa shape index (κ1) is 27.6. The summed E-state index contributed by atoms with van der Waals surface area (Å²) in [6.07, 6.45) is -1.16. The molecule has 0 radical (unpaired) electrons. The van der Waals surface area contributed by atoms with Gasteiger partial charge in [-0.25, -0.2) is 0 Å². The van der Waals surface area contributed by atoms with Crippen LogP contribution in [0.4, 0.5) is 18.9 Å². The summed E-state index contributed by atoms with van der Waals surface area (Å²) in [5.74, 6) is -0.599. The van der Waals surface area contributed by atoms with Crippen LogP contribution in [-0.4, -0.2) is 21.4 Å². The lowest BCUT2D eigenvalue weighted by molar-refractivity contribution is -0.137. The van der Waals surface area contributed by atoms with Gasteiger partial charge in [0.25, 0.3) is 11.8 Å². The van der Waals surface area contributed by atoms with E-state index in [0.717, 1.165) is 28.8 Å². The summed E-state index contributed by atoms with van der Waals surface area (Å²) in [6, 6.07) is 21.0. The highest BCUT2D eigenvalue weighted by molar-refractivity contribution is 6.06. The van der Waals surface area contributed by atoms with Crippen molar-refractivity contribution in [2.24, 2.45) is 0 Å². The molecule has 0 aliphatic heterocycles. The van der Waals surface area contributed by atoms with E-state index in [1.54, 1.807) is 59.4 Å². The fraction of sp³-hybridized carbons (Fsp3) is 0.156. The molecular weight excluding hydrogens is 529 g/mol. The number of aromatic nitrogens is 2. The molecule has 0 fully saturated rings. The van der Waals surface area contributed by atoms with Crippen LogP contribution >= 0.6 is 0 Å². The van der Waals surface area contributed by atoms with Crippen LogP contribution in [0.2, 0.25) is 0 Å². The van der Waals surface area contributed by atoms with Gasteiger partial charge in [-0.2, -0.15) is 13.2 Å². The summed E-state index contributed by atoms with van der Waals surface area (Å²) in [5.41, 5.74) is 4.96. The topological polar surface area (TPSA) is 76.0 Å². The number of nitrogens with one attached hydrogen (secondary N) is 2. The Morgan fingerprint density at radius 2 is 1.54 bits per heavy atom. The predicted octanol–water partition coefficient (Wildman–Crippen LogP) is 6.90. The van der Waals surface area contributed by atoms with Crippen molar-refractivity contribution >= 4 is 28.4 Å². The molecule has 0 atom stereocenters. The van der Waals surface area contributed by atoms with Gasteiger partial charge in [-0.1, -0.05) is 18.2 Å². The van der Waals surface area contributed by atoms with Gasteiger partial charge in [0.05, 0.1) is 5.56 Å². The van der Waals surface area contributed by atoms with Crippen LogP contribution in [0.5, 0.6) is 0 Å². The number of fused-ring (bicyclic) bond motifs is 1. The van der Waals surface area contributed by atoms with Crippen molar-refractivity contribution in [3.05, 3.63) is 130 Å². The van der Waals surface area contributed by atoms with Gasteiger partial charge in [0.2, 0.25) is 0 Å². The van der Waals surface area contributed by atoms with Gasteiger partial charge in [0.1, 0.15) is 5.69 Å². The summed E-state index contributed by atoms with van der Waals surface area (Å²) < 4.78 is 41.0. The highest BCUT2D eigenvalue weighted by Gasteiger charge is 2.30. The smallest absolute Gasteiger partial charge is 0.347 e. The van der Waals surface area contributed by atoms with Crippen molar-refractivity contribution in [1.82, 2.24) is 14.9 Å². The molecule has 0 aliphatic carbocycles. The number of amides is 2. The summed E-state index contributed by atoms with van der Waals surface area (Å²) in [7, 11) is 0. The number of carbonyl (C=O) groups excluding carboxylic acids is 2. The molecule has 0 unspecified atom stereocenters. The van der Waals surface area contributed by atoms with E-state index in [9.17, 15) is 22.8 Å². The Labute approximate surface area is 234 Å². The van der Waals surface area contributed by atoms with Crippen LogP contribution in [0.25, 0.3) is 10.9 Å². The number of aryl methyl sites for hydroxylation is 2. The first-order valence-corrected chi connectivity index (χ1v) is 12.9. The van der Waals surface area contributed by atoms with E-state index in [4.69, 9.17) is 0 Å². The molecule has 0 saturated carbocycles. The standard InChI is InChI=1S/C32H27F3N4O2/c1-20-3-6-24(15-21(20)2)30(40)38-27-9-10-28-25(16-27)17-29(31(41)37-18-22-11-13-36-14-12-22)39(28)19-23-4-7-26(8-5-23)32(33,34)35/h3-17H,18-19H2,1-2H3,(H,37,41)(H,38,40). The van der Waals surface area contributed by atoms with Gasteiger partial charge in [0, 0.05) is 47.6 Å². The second-order valence-corrected chi connectivity index (χ2v) is 9.88.